The standard InChI is InChI=1S/C29H36N4O6/c1-18(2)38-14-8-12-32-26(34)22(20(5)24(16-30)28(32)36)10-7-11-23-21(6)25(17-31)29(37)33(27(23)35)13-9-15-39-19(3)4/h7,10-11,18-19,34H,8-9,12-15H2,1-6H3/b10-7+,23-11-. The molecule has 2 amide bonds. The Morgan fingerprint density at radius 2 is 1.51 bits per heavy atom. The monoisotopic (exact) mass is 536 g/mol. The highest BCUT2D eigenvalue weighted by atomic mass is 16.5. The number of hydrogen-bond donors (Lipinski definition) is 1. The van der Waals surface area contributed by atoms with Gasteiger partial charge in [0.25, 0.3) is 17.4 Å². The summed E-state index contributed by atoms with van der Waals surface area (Å²) in [5, 5.41) is 30.0. The van der Waals surface area contributed by atoms with E-state index in [9.17, 15) is 30.0 Å². The summed E-state index contributed by atoms with van der Waals surface area (Å²) in [6.45, 7) is 11.6. The van der Waals surface area contributed by atoms with Gasteiger partial charge in [0.05, 0.1) is 12.2 Å². The number of aromatic nitrogens is 1. The van der Waals surface area contributed by atoms with Crippen LogP contribution in [-0.2, 0) is 25.6 Å². The molecule has 1 N–H and O–H groups in total. The first-order chi connectivity index (χ1) is 18.5. The molecule has 0 aromatic carbocycles. The molecule has 208 valence electrons. The van der Waals surface area contributed by atoms with E-state index in [0.717, 1.165) is 9.47 Å². The summed E-state index contributed by atoms with van der Waals surface area (Å²) < 4.78 is 12.1. The normalized spacial score (nSPS) is 15.2. The van der Waals surface area contributed by atoms with Crippen LogP contribution in [0.3, 0.4) is 0 Å². The van der Waals surface area contributed by atoms with E-state index >= 15 is 0 Å². The fourth-order valence-corrected chi connectivity index (χ4v) is 4.06. The van der Waals surface area contributed by atoms with E-state index in [-0.39, 0.29) is 59.0 Å². The number of hydrogen-bond acceptors (Lipinski definition) is 8. The quantitative estimate of drug-likeness (QED) is 0.243. The lowest BCUT2D eigenvalue weighted by atomic mass is 9.94. The van der Waals surface area contributed by atoms with Crippen LogP contribution >= 0.6 is 0 Å². The van der Waals surface area contributed by atoms with E-state index in [2.05, 4.69) is 0 Å². The summed E-state index contributed by atoms with van der Waals surface area (Å²) in [7, 11) is 0. The third-order valence-electron chi connectivity index (χ3n) is 6.15. The minimum Gasteiger partial charge on any atom is -0.494 e. The molecule has 1 aromatic rings. The van der Waals surface area contributed by atoms with Gasteiger partial charge in [-0.15, -0.1) is 0 Å². The fourth-order valence-electron chi connectivity index (χ4n) is 4.06. The summed E-state index contributed by atoms with van der Waals surface area (Å²) in [6, 6.07) is 3.81. The molecular formula is C29H36N4O6. The van der Waals surface area contributed by atoms with Gasteiger partial charge in [0.15, 0.2) is 0 Å². The van der Waals surface area contributed by atoms with Crippen molar-refractivity contribution in [1.29, 1.82) is 10.5 Å². The zero-order valence-corrected chi connectivity index (χ0v) is 23.4. The Bertz CT molecular complexity index is 1340. The van der Waals surface area contributed by atoms with Crippen molar-refractivity contribution < 1.29 is 24.2 Å². The van der Waals surface area contributed by atoms with Crippen LogP contribution < -0.4 is 5.56 Å². The van der Waals surface area contributed by atoms with Gasteiger partial charge in [0.1, 0.15) is 23.3 Å². The molecule has 0 saturated carbocycles. The molecule has 0 bridgehead atoms. The second-order valence-corrected chi connectivity index (χ2v) is 9.67. The number of amides is 2. The number of carbonyl (C=O) groups excluding carboxylic acids is 2. The summed E-state index contributed by atoms with van der Waals surface area (Å²) in [5.74, 6) is -1.50. The average molecular weight is 537 g/mol. The zero-order chi connectivity index (χ0) is 29.3. The predicted octanol–water partition coefficient (Wildman–Crippen LogP) is 3.51. The van der Waals surface area contributed by atoms with E-state index in [1.54, 1.807) is 6.92 Å². The van der Waals surface area contributed by atoms with Gasteiger partial charge in [0, 0.05) is 37.4 Å². The Morgan fingerprint density at radius 3 is 2.05 bits per heavy atom. The van der Waals surface area contributed by atoms with Gasteiger partial charge in [-0.05, 0) is 77.7 Å². The van der Waals surface area contributed by atoms with Crippen molar-refractivity contribution in [2.45, 2.75) is 73.1 Å². The SMILES string of the molecule is CC1=C(C#N)C(=O)N(CCCOC(C)C)C(=O)/C1=C\C=C\c1c(C)c(C#N)c(=O)n(CCCOC(C)C)c1O. The Kier molecular flexibility index (Phi) is 11.4. The van der Waals surface area contributed by atoms with E-state index in [4.69, 9.17) is 9.47 Å². The number of nitrogens with zero attached hydrogens (tertiary/aromatic N) is 4. The topological polar surface area (TPSA) is 146 Å². The summed E-state index contributed by atoms with van der Waals surface area (Å²) in [4.78, 5) is 39.7. The van der Waals surface area contributed by atoms with Crippen molar-refractivity contribution in [3.05, 3.63) is 55.9 Å². The lowest BCUT2D eigenvalue weighted by Crippen LogP contribution is -2.43. The highest BCUT2D eigenvalue weighted by Gasteiger charge is 2.34. The first-order valence-corrected chi connectivity index (χ1v) is 12.9. The van der Waals surface area contributed by atoms with Gasteiger partial charge in [-0.2, -0.15) is 10.5 Å². The molecular weight excluding hydrogens is 500 g/mol. The minimum atomic E-state index is -0.647. The third-order valence-corrected chi connectivity index (χ3v) is 6.15. The Morgan fingerprint density at radius 1 is 0.923 bits per heavy atom. The molecule has 0 fully saturated rings. The largest absolute Gasteiger partial charge is 0.494 e. The van der Waals surface area contributed by atoms with Gasteiger partial charge in [-0.25, -0.2) is 0 Å². The second kappa shape index (κ2) is 14.2. The van der Waals surface area contributed by atoms with Crippen LogP contribution in [0.1, 0.15) is 64.2 Å². The van der Waals surface area contributed by atoms with E-state index in [1.165, 1.54) is 25.2 Å². The number of pyridine rings is 1. The number of carbonyl (C=O) groups is 2. The highest BCUT2D eigenvalue weighted by molar-refractivity contribution is 6.18. The first-order valence-electron chi connectivity index (χ1n) is 12.9. The fraction of sp³-hybridized carbons (Fsp3) is 0.483. The maximum Gasteiger partial charge on any atom is 0.271 e. The van der Waals surface area contributed by atoms with Crippen LogP contribution in [0.15, 0.2) is 33.7 Å². The lowest BCUT2D eigenvalue weighted by molar-refractivity contribution is -0.140. The summed E-state index contributed by atoms with van der Waals surface area (Å²) >= 11 is 0. The van der Waals surface area contributed by atoms with Crippen LogP contribution in [0.25, 0.3) is 6.08 Å². The van der Waals surface area contributed by atoms with Crippen molar-refractivity contribution in [2.24, 2.45) is 0 Å². The van der Waals surface area contributed by atoms with Crippen molar-refractivity contribution in [2.75, 3.05) is 19.8 Å². The van der Waals surface area contributed by atoms with Crippen molar-refractivity contribution in [3.8, 4) is 18.0 Å². The van der Waals surface area contributed by atoms with Crippen molar-refractivity contribution in [1.82, 2.24) is 9.47 Å². The van der Waals surface area contributed by atoms with Crippen LogP contribution in [0.4, 0.5) is 0 Å². The molecule has 0 radical (unpaired) electrons. The molecule has 2 rings (SSSR count). The molecule has 0 atom stereocenters. The molecule has 39 heavy (non-hydrogen) atoms. The second-order valence-electron chi connectivity index (χ2n) is 9.67. The van der Waals surface area contributed by atoms with Gasteiger partial charge in [-0.1, -0.05) is 6.08 Å². The van der Waals surface area contributed by atoms with Crippen LogP contribution in [0.2, 0.25) is 0 Å². The van der Waals surface area contributed by atoms with Crippen LogP contribution in [0.5, 0.6) is 5.88 Å². The number of imide groups is 1. The van der Waals surface area contributed by atoms with Crippen molar-refractivity contribution >= 4 is 17.9 Å². The zero-order valence-electron chi connectivity index (χ0n) is 23.4. The smallest absolute Gasteiger partial charge is 0.271 e. The molecule has 1 aromatic heterocycles. The van der Waals surface area contributed by atoms with E-state index in [0.29, 0.717) is 31.6 Å². The van der Waals surface area contributed by atoms with Gasteiger partial charge in [0.2, 0.25) is 5.88 Å². The average Bonchev–Trinajstić information content (AvgIpc) is 2.87. The molecule has 0 spiro atoms. The van der Waals surface area contributed by atoms with Crippen LogP contribution in [-0.4, -0.2) is 58.4 Å². The summed E-state index contributed by atoms with van der Waals surface area (Å²) in [6.07, 6.45) is 5.34. The van der Waals surface area contributed by atoms with Crippen LogP contribution in [0, 0.1) is 29.6 Å². The Labute approximate surface area is 229 Å². The molecule has 1 aliphatic rings. The molecule has 0 saturated heterocycles. The van der Waals surface area contributed by atoms with Gasteiger partial charge in [-0.3, -0.25) is 23.9 Å². The molecule has 1 aliphatic heterocycles. The Balaban J connectivity index is 2.43. The molecule has 0 unspecified atom stereocenters. The maximum absolute atomic E-state index is 13.2. The maximum atomic E-state index is 13.2. The van der Waals surface area contributed by atoms with Gasteiger partial charge < -0.3 is 14.6 Å². The number of aromatic hydroxyl groups is 1. The molecule has 10 nitrogen and oxygen atoms in total. The first kappa shape index (κ1) is 31.2. The Hall–Kier alpha value is -3.99. The van der Waals surface area contributed by atoms with E-state index < -0.39 is 17.4 Å². The predicted molar refractivity (Wildman–Crippen MR) is 145 cm³/mol. The van der Waals surface area contributed by atoms with Gasteiger partial charge >= 0.3 is 0 Å². The lowest BCUT2D eigenvalue weighted by Gasteiger charge is -2.27. The number of allylic oxidation sites excluding steroid dienone is 2. The molecule has 2 heterocycles. The number of rotatable bonds is 12. The van der Waals surface area contributed by atoms with Crippen molar-refractivity contribution in [3.63, 3.8) is 0 Å². The van der Waals surface area contributed by atoms with E-state index in [1.807, 2.05) is 39.8 Å². The molecule has 0 aliphatic carbocycles. The highest BCUT2D eigenvalue weighted by Crippen LogP contribution is 2.27. The molecule has 10 heteroatoms. The summed E-state index contributed by atoms with van der Waals surface area (Å²) in [5.41, 5.74) is 0.139. The minimum absolute atomic E-state index is 0.0133. The number of ether oxygens (including phenoxy) is 2. The third kappa shape index (κ3) is 7.53. The number of nitriles is 2.